The van der Waals surface area contributed by atoms with Gasteiger partial charge in [0, 0.05) is 10.6 Å². The molecular weight excluding hydrogens is 480 g/mol. The van der Waals surface area contributed by atoms with Crippen molar-refractivity contribution in [3.05, 3.63) is 70.1 Å². The summed E-state index contributed by atoms with van der Waals surface area (Å²) in [7, 11) is -5.88. The molecule has 0 aromatic heterocycles. The normalized spacial score (nSPS) is 12.5. The number of carbonyl (C=O) groups excluding carboxylic acids is 2. The molecule has 0 fully saturated rings. The molecule has 1 N–H and O–H groups in total. The summed E-state index contributed by atoms with van der Waals surface area (Å²) in [4.78, 5) is 27.0. The lowest BCUT2D eigenvalue weighted by Gasteiger charge is -2.46. The van der Waals surface area contributed by atoms with Crippen LogP contribution < -0.4 is 4.72 Å². The average Bonchev–Trinajstić information content (AvgIpc) is 2.75. The van der Waals surface area contributed by atoms with E-state index < -0.39 is 31.1 Å². The van der Waals surface area contributed by atoms with E-state index >= 15 is 0 Å². The Morgan fingerprint density at radius 3 is 2.18 bits per heavy atom. The maximum Gasteiger partial charge on any atom is 0.338 e. The Morgan fingerprint density at radius 2 is 1.56 bits per heavy atom. The molecule has 0 saturated carbocycles. The molecular formula is C22H30N4O6S2. The number of rotatable bonds is 11. The number of anilines is 1. The Morgan fingerprint density at radius 1 is 0.971 bits per heavy atom. The van der Waals surface area contributed by atoms with Crippen LogP contribution in [-0.4, -0.2) is 70.9 Å². The lowest BCUT2D eigenvalue weighted by molar-refractivity contribution is 0.0512. The number of thiol groups is 1. The highest BCUT2D eigenvalue weighted by Gasteiger charge is 2.21. The number of benzene rings is 2. The molecule has 2 aromatic carbocycles. The third-order valence-corrected chi connectivity index (χ3v) is 7.79. The quantitative estimate of drug-likeness (QED) is 0.118. The van der Waals surface area contributed by atoms with E-state index in [-0.39, 0.29) is 41.5 Å². The minimum absolute atomic E-state index is 0.00982. The van der Waals surface area contributed by atoms with Gasteiger partial charge in [-0.15, -0.1) is 0 Å². The first-order chi connectivity index (χ1) is 15.8. The molecule has 0 saturated heterocycles. The zero-order chi connectivity index (χ0) is 25.4. The Labute approximate surface area is 199 Å². The summed E-state index contributed by atoms with van der Waals surface area (Å²) in [6, 6.07) is 11.3. The van der Waals surface area contributed by atoms with Crippen molar-refractivity contribution in [1.29, 1.82) is 0 Å². The van der Waals surface area contributed by atoms with Crippen molar-refractivity contribution in [1.82, 2.24) is 0 Å². The molecule has 10 nitrogen and oxygen atoms in total. The Hall–Kier alpha value is -3.21. The van der Waals surface area contributed by atoms with Gasteiger partial charge >= 0.3 is 11.9 Å². The Kier molecular flexibility index (Phi) is 8.60. The third-order valence-electron chi connectivity index (χ3n) is 4.44. The summed E-state index contributed by atoms with van der Waals surface area (Å²) in [5.74, 6) is -0.518. The van der Waals surface area contributed by atoms with Gasteiger partial charge in [0.2, 0.25) is 0 Å². The van der Waals surface area contributed by atoms with Crippen molar-refractivity contribution in [3.8, 4) is 0 Å². The molecule has 0 aliphatic heterocycles. The zero-order valence-electron chi connectivity index (χ0n) is 19.6. The van der Waals surface area contributed by atoms with Crippen LogP contribution >= 0.6 is 9.16 Å². The summed E-state index contributed by atoms with van der Waals surface area (Å²) >= 11 is 0. The number of nitrogens with zero attached hydrogens (tertiary/aromatic N) is 3. The van der Waals surface area contributed by atoms with Crippen molar-refractivity contribution in [3.63, 3.8) is 0 Å². The van der Waals surface area contributed by atoms with Gasteiger partial charge in [-0.25, -0.2) is 18.0 Å². The number of ether oxygens (including phenoxy) is 2. The van der Waals surface area contributed by atoms with Crippen LogP contribution in [0.15, 0.2) is 58.5 Å². The van der Waals surface area contributed by atoms with E-state index in [9.17, 15) is 18.0 Å². The number of sulfonamides is 1. The van der Waals surface area contributed by atoms with E-state index in [1.165, 1.54) is 48.5 Å². The van der Waals surface area contributed by atoms with Crippen LogP contribution in [0.1, 0.15) is 20.7 Å². The monoisotopic (exact) mass is 510 g/mol. The molecule has 0 unspecified atom stereocenters. The fourth-order valence-electron chi connectivity index (χ4n) is 2.61. The van der Waals surface area contributed by atoms with E-state index in [2.05, 4.69) is 39.8 Å². The maximum absolute atomic E-state index is 12.9. The van der Waals surface area contributed by atoms with Gasteiger partial charge in [-0.1, -0.05) is 17.2 Å². The molecule has 0 aliphatic rings. The van der Waals surface area contributed by atoms with Crippen molar-refractivity contribution >= 4 is 36.8 Å². The van der Waals surface area contributed by atoms with Gasteiger partial charge in [0.15, 0.2) is 0 Å². The molecule has 2 rings (SSSR count). The topological polar surface area (TPSA) is 148 Å². The van der Waals surface area contributed by atoms with E-state index in [0.29, 0.717) is 0 Å². The van der Waals surface area contributed by atoms with Gasteiger partial charge in [-0.05, 0) is 72.7 Å². The summed E-state index contributed by atoms with van der Waals surface area (Å²) in [6.45, 7) is 0.153. The van der Waals surface area contributed by atoms with Crippen molar-refractivity contribution < 1.29 is 27.5 Å². The Balaban J connectivity index is 2.10. The van der Waals surface area contributed by atoms with Crippen LogP contribution in [0.3, 0.4) is 0 Å². The predicted molar refractivity (Wildman–Crippen MR) is 136 cm³/mol. The van der Waals surface area contributed by atoms with E-state index in [0.717, 1.165) is 5.75 Å². The largest absolute Gasteiger partial charge is 0.462 e. The number of esters is 2. The SMILES string of the molecule is C[SH](C)(C)(C)CCOC(=O)c1cccc(S(=O)(=O)Nc2cccc(C(=O)OCCN=[N+]=[N-])c2)c1. The molecule has 0 spiro atoms. The summed E-state index contributed by atoms with van der Waals surface area (Å²) < 4.78 is 38.4. The van der Waals surface area contributed by atoms with E-state index in [1.54, 1.807) is 0 Å². The van der Waals surface area contributed by atoms with Crippen molar-refractivity contribution in [2.24, 2.45) is 5.11 Å². The van der Waals surface area contributed by atoms with Gasteiger partial charge in [0.05, 0.1) is 35.8 Å². The number of azide groups is 1. The summed E-state index contributed by atoms with van der Waals surface area (Å²) in [5, 5.41) is 3.27. The van der Waals surface area contributed by atoms with Crippen LogP contribution in [-0.2, 0) is 19.5 Å². The first kappa shape index (κ1) is 27.0. The molecule has 0 amide bonds. The van der Waals surface area contributed by atoms with Crippen LogP contribution in [0, 0.1) is 0 Å². The van der Waals surface area contributed by atoms with Crippen LogP contribution in [0.2, 0.25) is 0 Å². The summed E-state index contributed by atoms with van der Waals surface area (Å²) in [5.41, 5.74) is 8.62. The molecule has 0 atom stereocenters. The van der Waals surface area contributed by atoms with Gasteiger partial charge in [0.1, 0.15) is 0 Å². The van der Waals surface area contributed by atoms with Crippen LogP contribution in [0.25, 0.3) is 10.4 Å². The molecule has 0 heterocycles. The predicted octanol–water partition coefficient (Wildman–Crippen LogP) is 3.70. The number of hydrogen-bond donors (Lipinski definition) is 2. The second-order valence-electron chi connectivity index (χ2n) is 9.61. The zero-order valence-corrected chi connectivity index (χ0v) is 21.3. The van der Waals surface area contributed by atoms with Crippen molar-refractivity contribution in [2.45, 2.75) is 4.90 Å². The highest BCUT2D eigenvalue weighted by atomic mass is 32.3. The Bertz CT molecular complexity index is 1210. The van der Waals surface area contributed by atoms with Gasteiger partial charge in [-0.2, -0.15) is 0 Å². The lowest BCUT2D eigenvalue weighted by Crippen LogP contribution is -2.21. The number of hydrogen-bond acceptors (Lipinski definition) is 7. The fourth-order valence-corrected chi connectivity index (χ4v) is 4.52. The second-order valence-corrected chi connectivity index (χ2v) is 19.6. The number of carbonyl (C=O) groups is 2. The smallest absolute Gasteiger partial charge is 0.338 e. The maximum atomic E-state index is 12.9. The molecule has 186 valence electrons. The molecule has 34 heavy (non-hydrogen) atoms. The van der Waals surface area contributed by atoms with Gasteiger partial charge in [-0.3, -0.25) is 13.9 Å². The minimum Gasteiger partial charge on any atom is -0.462 e. The fraction of sp³-hybridized carbons (Fsp3) is 0.364. The molecule has 0 aliphatic carbocycles. The molecule has 0 radical (unpaired) electrons. The standard InChI is InChI=1S/C22H30N4O6S2/c1-34(2,3,4)14-13-32-22(28)18-8-6-10-20(16-18)33(29,30)25-19-9-5-7-17(15-19)21(27)31-12-11-24-26-23/h5-10,15-16,25,34H,11-14H2,1-4H3. The third kappa shape index (κ3) is 8.97. The number of nitrogens with one attached hydrogen (secondary N) is 1. The van der Waals surface area contributed by atoms with E-state index in [4.69, 9.17) is 15.0 Å². The highest BCUT2D eigenvalue weighted by Crippen LogP contribution is 2.54. The van der Waals surface area contributed by atoms with Crippen LogP contribution in [0.4, 0.5) is 5.69 Å². The minimum atomic E-state index is -4.05. The van der Waals surface area contributed by atoms with Gasteiger partial charge in [0.25, 0.3) is 10.0 Å². The second kappa shape index (κ2) is 10.8. The van der Waals surface area contributed by atoms with E-state index in [1.807, 2.05) is 0 Å². The van der Waals surface area contributed by atoms with Crippen LogP contribution in [0.5, 0.6) is 0 Å². The lowest BCUT2D eigenvalue weighted by atomic mass is 10.2. The first-order valence-electron chi connectivity index (χ1n) is 10.3. The highest BCUT2D eigenvalue weighted by molar-refractivity contribution is 8.47. The average molecular weight is 511 g/mol. The molecule has 2 aromatic rings. The first-order valence-corrected chi connectivity index (χ1v) is 16.0. The molecule has 0 bridgehead atoms. The summed E-state index contributed by atoms with van der Waals surface area (Å²) in [6.07, 6.45) is 8.71. The van der Waals surface area contributed by atoms with Crippen molar-refractivity contribution in [2.75, 3.05) is 55.3 Å². The van der Waals surface area contributed by atoms with Gasteiger partial charge < -0.3 is 9.47 Å². The molecule has 12 heteroatoms.